The summed E-state index contributed by atoms with van der Waals surface area (Å²) in [6, 6.07) is 11.7. The van der Waals surface area contributed by atoms with E-state index in [0.29, 0.717) is 5.56 Å². The summed E-state index contributed by atoms with van der Waals surface area (Å²) >= 11 is 3.18. The van der Waals surface area contributed by atoms with Crippen LogP contribution in [0.15, 0.2) is 52.2 Å². The topological polar surface area (TPSA) is 139 Å². The third-order valence-electron chi connectivity index (χ3n) is 6.28. The largest absolute Gasteiger partial charge is 0.478 e. The lowest BCUT2D eigenvalue weighted by molar-refractivity contribution is -0.191. The zero-order chi connectivity index (χ0) is 32.6. The number of carboxylic acids is 1. The van der Waals surface area contributed by atoms with Crippen molar-refractivity contribution in [1.82, 2.24) is 0 Å². The molecule has 0 radical (unpaired) electrons. The molecule has 0 atom stereocenters. The summed E-state index contributed by atoms with van der Waals surface area (Å²) in [7, 11) is 1.25. The number of hydrogen-bond donors (Lipinski definition) is 3. The van der Waals surface area contributed by atoms with E-state index in [1.54, 1.807) is 30.4 Å². The zero-order valence-corrected chi connectivity index (χ0v) is 25.9. The van der Waals surface area contributed by atoms with Gasteiger partial charge in [-0.1, -0.05) is 41.2 Å². The van der Waals surface area contributed by atoms with Crippen LogP contribution in [0, 0.1) is 18.8 Å². The van der Waals surface area contributed by atoms with Crippen LogP contribution in [0.4, 0.5) is 11.4 Å². The number of carbonyl (C=O) groups is 2. The molecule has 10 heteroatoms. The number of carboxylic acid groups (broad SMARTS) is 1. The van der Waals surface area contributed by atoms with Crippen LogP contribution >= 0.6 is 22.7 Å². The standard InChI is InChI=1S/C13H13NS.C9H8N2O2S.C5H10O.C2H2.CO2.CH4/c1-8-13(2,3)10-4-5-11-9(6-7-15-11)12(10)14-8;10-11-7-2-1-6(9(12)13)8-5(7)3-4-14-8;1-4(2)5(3)6;1-2;2-1-3;/h4-7H,1-3H3;1-4,11H,10H2,(H,12,13);4H,1-3H3;1-2H;;1H4/i;;;;;1D. The second-order valence-corrected chi connectivity index (χ2v) is 11.1. The molecule has 1 aliphatic rings. The Kier molecular flexibility index (Phi) is 14.3. The number of thiophene rings is 2. The number of nitrogens with zero attached hydrogens (tertiary/aromatic N) is 1. The molecule has 1 aliphatic heterocycles. The van der Waals surface area contributed by atoms with Crippen LogP contribution in [0.3, 0.4) is 0 Å². The van der Waals surface area contributed by atoms with E-state index in [4.69, 9.17) is 26.9 Å². The molecular formula is C31H37N3O5S2. The van der Waals surface area contributed by atoms with Gasteiger partial charge >= 0.3 is 12.1 Å². The first-order chi connectivity index (χ1) is 19.9. The van der Waals surface area contributed by atoms with Gasteiger partial charge in [0.2, 0.25) is 0 Å². The first-order valence-corrected chi connectivity index (χ1v) is 13.8. The van der Waals surface area contributed by atoms with Crippen molar-refractivity contribution in [3.63, 3.8) is 0 Å². The summed E-state index contributed by atoms with van der Waals surface area (Å²) in [4.78, 5) is 42.0. The third-order valence-corrected chi connectivity index (χ3v) is 8.11. The van der Waals surface area contributed by atoms with Crippen LogP contribution in [0.5, 0.6) is 0 Å². The molecule has 0 saturated carbocycles. The van der Waals surface area contributed by atoms with Crippen molar-refractivity contribution in [2.75, 3.05) is 5.43 Å². The summed E-state index contributed by atoms with van der Waals surface area (Å²) in [5.74, 6) is 4.86. The lowest BCUT2D eigenvalue weighted by Crippen LogP contribution is -2.22. The van der Waals surface area contributed by atoms with Gasteiger partial charge in [-0.2, -0.15) is 9.59 Å². The van der Waals surface area contributed by atoms with E-state index in [9.17, 15) is 9.59 Å². The van der Waals surface area contributed by atoms with Crippen LogP contribution in [0.2, 0.25) is 0 Å². The fraction of sp³-hybridized carbons (Fsp3) is 0.290. The van der Waals surface area contributed by atoms with Gasteiger partial charge in [0.05, 0.1) is 21.6 Å². The molecule has 3 heterocycles. The van der Waals surface area contributed by atoms with E-state index in [2.05, 4.69) is 62.6 Å². The average molecular weight is 597 g/mol. The highest BCUT2D eigenvalue weighted by Gasteiger charge is 2.33. The number of nitrogen functional groups attached to an aromatic ring is 1. The van der Waals surface area contributed by atoms with Crippen molar-refractivity contribution in [2.24, 2.45) is 16.8 Å². The van der Waals surface area contributed by atoms with Crippen molar-refractivity contribution in [2.45, 2.75) is 54.4 Å². The Morgan fingerprint density at radius 1 is 1.07 bits per heavy atom. The van der Waals surface area contributed by atoms with E-state index in [-0.39, 0.29) is 23.3 Å². The molecule has 8 nitrogen and oxygen atoms in total. The molecule has 0 aliphatic carbocycles. The van der Waals surface area contributed by atoms with Gasteiger partial charge in [-0.3, -0.25) is 15.6 Å². The number of Topliss-reactive ketones (excluding diaryl/α,β-unsaturated/α-hetero) is 1. The monoisotopic (exact) mass is 596 g/mol. The molecular weight excluding hydrogens is 558 g/mol. The van der Waals surface area contributed by atoms with E-state index in [1.165, 1.54) is 45.8 Å². The van der Waals surface area contributed by atoms with Crippen molar-refractivity contribution < 1.29 is 25.7 Å². The number of rotatable bonds is 3. The molecule has 0 unspecified atom stereocenters. The number of carbonyl (C=O) groups excluding carboxylic acids is 3. The minimum absolute atomic E-state index is 0.103. The van der Waals surface area contributed by atoms with Gasteiger partial charge in [-0.05, 0) is 60.5 Å². The van der Waals surface area contributed by atoms with Gasteiger partial charge in [0, 0.05) is 33.9 Å². The van der Waals surface area contributed by atoms with Gasteiger partial charge in [-0.15, -0.1) is 35.5 Å². The number of nitrogens with one attached hydrogen (secondary N) is 1. The first kappa shape index (κ1) is 34.9. The number of benzene rings is 2. The second kappa shape index (κ2) is 16.9. The van der Waals surface area contributed by atoms with Crippen molar-refractivity contribution in [3.05, 3.63) is 58.3 Å². The number of aromatic carboxylic acids is 1. The summed E-state index contributed by atoms with van der Waals surface area (Å²) in [5.41, 5.74) is 7.47. The highest BCUT2D eigenvalue weighted by Crippen LogP contribution is 2.45. The fourth-order valence-corrected chi connectivity index (χ4v) is 5.23. The minimum atomic E-state index is -0.916. The molecule has 41 heavy (non-hydrogen) atoms. The SMILES string of the molecule is C#C.CC(=O)C(C)C.CC1=Nc2c(ccc3sccc23)C1(C)C.NNc1ccc(C(=O)O)c2sccc12.O=C=O.[2H]C. The maximum Gasteiger partial charge on any atom is 0.373 e. The van der Waals surface area contributed by atoms with Crippen LogP contribution in [0.25, 0.3) is 20.2 Å². The van der Waals surface area contributed by atoms with Crippen LogP contribution in [-0.4, -0.2) is 28.7 Å². The number of aliphatic imine (C=N–C) groups is 1. The van der Waals surface area contributed by atoms with E-state index < -0.39 is 5.97 Å². The Labute approximate surface area is 250 Å². The average Bonchev–Trinajstić information content (AvgIpc) is 3.70. The highest BCUT2D eigenvalue weighted by molar-refractivity contribution is 7.17. The van der Waals surface area contributed by atoms with Gasteiger partial charge in [0.1, 0.15) is 5.78 Å². The van der Waals surface area contributed by atoms with Crippen molar-refractivity contribution >= 4 is 77.8 Å². The number of anilines is 1. The minimum Gasteiger partial charge on any atom is -0.478 e. The van der Waals surface area contributed by atoms with Crippen LogP contribution in [-0.2, 0) is 19.8 Å². The molecule has 4 aromatic rings. The van der Waals surface area contributed by atoms with Gasteiger partial charge in [0.15, 0.2) is 0 Å². The normalized spacial score (nSPS) is 11.9. The van der Waals surface area contributed by atoms with Gasteiger partial charge in [-0.25, -0.2) is 4.79 Å². The Morgan fingerprint density at radius 2 is 1.61 bits per heavy atom. The summed E-state index contributed by atoms with van der Waals surface area (Å²) in [5, 5.41) is 15.1. The number of nitrogens with two attached hydrogens (primary N) is 1. The van der Waals surface area contributed by atoms with E-state index in [0.717, 1.165) is 15.8 Å². The maximum atomic E-state index is 10.9. The molecule has 0 saturated heterocycles. The zero-order valence-electron chi connectivity index (χ0n) is 25.3. The molecule has 0 amide bonds. The second-order valence-electron chi connectivity index (χ2n) is 9.24. The van der Waals surface area contributed by atoms with Crippen molar-refractivity contribution in [1.29, 1.82) is 0 Å². The number of fused-ring (bicyclic) bond motifs is 4. The Balaban J connectivity index is 0.000000576. The Morgan fingerprint density at radius 3 is 2.12 bits per heavy atom. The maximum absolute atomic E-state index is 10.9. The third kappa shape index (κ3) is 8.93. The number of terminal acetylenes is 1. The molecule has 0 bridgehead atoms. The highest BCUT2D eigenvalue weighted by atomic mass is 32.1. The molecule has 0 fully saturated rings. The smallest absolute Gasteiger partial charge is 0.373 e. The lowest BCUT2D eigenvalue weighted by atomic mass is 9.82. The number of ketones is 1. The molecule has 2 aromatic carbocycles. The van der Waals surface area contributed by atoms with Crippen molar-refractivity contribution in [3.8, 4) is 12.8 Å². The van der Waals surface area contributed by atoms with Gasteiger partial charge in [0.25, 0.3) is 0 Å². The quantitative estimate of drug-likeness (QED) is 0.125. The predicted molar refractivity (Wildman–Crippen MR) is 171 cm³/mol. The molecule has 218 valence electrons. The molecule has 2 aromatic heterocycles. The molecule has 5 rings (SSSR count). The summed E-state index contributed by atoms with van der Waals surface area (Å²) < 4.78 is 7.83. The Hall–Kier alpha value is -4.13. The van der Waals surface area contributed by atoms with E-state index in [1.807, 2.05) is 25.3 Å². The number of hydrogen-bond acceptors (Lipinski definition) is 9. The number of hydrazine groups is 1. The van der Waals surface area contributed by atoms with E-state index >= 15 is 0 Å². The summed E-state index contributed by atoms with van der Waals surface area (Å²) in [6.07, 6.45) is 8.25. The lowest BCUT2D eigenvalue weighted by Gasteiger charge is -2.19. The fourth-order valence-electron chi connectivity index (χ4n) is 3.51. The predicted octanol–water partition coefficient (Wildman–Crippen LogP) is 7.70. The molecule has 0 spiro atoms. The Bertz CT molecular complexity index is 1560. The van der Waals surface area contributed by atoms with Crippen LogP contribution in [0.1, 0.15) is 66.2 Å². The van der Waals surface area contributed by atoms with Crippen LogP contribution < -0.4 is 11.3 Å². The first-order valence-electron chi connectivity index (χ1n) is 13.0. The molecule has 4 N–H and O–H groups in total. The van der Waals surface area contributed by atoms with Gasteiger partial charge < -0.3 is 10.5 Å². The summed E-state index contributed by atoms with van der Waals surface area (Å²) in [6.45, 7) is 12.0.